The minimum Gasteiger partial charge on any atom is -0.394 e. The number of aliphatic hydroxyl groups excluding tert-OH is 1. The third-order valence-corrected chi connectivity index (χ3v) is 1.68. The largest absolute Gasteiger partial charge is 0.394 e. The normalized spacial score (nSPS) is 10.8. The highest BCUT2D eigenvalue weighted by atomic mass is 16.3. The van der Waals surface area contributed by atoms with Crippen molar-refractivity contribution in [1.29, 1.82) is 0 Å². The van der Waals surface area contributed by atoms with E-state index in [2.05, 4.69) is 24.3 Å². The molecule has 0 amide bonds. The van der Waals surface area contributed by atoms with Gasteiger partial charge in [-0.3, -0.25) is 4.68 Å². The Kier molecular flexibility index (Phi) is 3.76. The highest BCUT2D eigenvalue weighted by Gasteiger charge is 1.98. The second-order valence-corrected chi connectivity index (χ2v) is 3.49. The van der Waals surface area contributed by atoms with Crippen LogP contribution in [0.4, 0.5) is 5.69 Å². The lowest BCUT2D eigenvalue weighted by Gasteiger charge is -2.05. The average Bonchev–Trinajstić information content (AvgIpc) is 2.50. The molecule has 74 valence electrons. The van der Waals surface area contributed by atoms with Crippen molar-refractivity contribution >= 4 is 5.69 Å². The average molecular weight is 183 g/mol. The Labute approximate surface area is 78.6 Å². The van der Waals surface area contributed by atoms with Gasteiger partial charge in [0.1, 0.15) is 0 Å². The predicted octanol–water partition coefficient (Wildman–Crippen LogP) is 0.943. The summed E-state index contributed by atoms with van der Waals surface area (Å²) in [7, 11) is 0. The fraction of sp³-hybridized carbons (Fsp3) is 0.667. The molecule has 0 aliphatic heterocycles. The van der Waals surface area contributed by atoms with E-state index < -0.39 is 0 Å². The monoisotopic (exact) mass is 183 g/mol. The molecule has 0 bridgehead atoms. The molecule has 0 fully saturated rings. The molecule has 2 N–H and O–H groups in total. The Bertz CT molecular complexity index is 245. The van der Waals surface area contributed by atoms with E-state index in [-0.39, 0.29) is 6.61 Å². The highest BCUT2D eigenvalue weighted by Crippen LogP contribution is 2.05. The summed E-state index contributed by atoms with van der Waals surface area (Å²) in [5, 5.41) is 16.0. The number of aromatic nitrogens is 2. The van der Waals surface area contributed by atoms with Crippen molar-refractivity contribution in [2.45, 2.75) is 20.4 Å². The summed E-state index contributed by atoms with van der Waals surface area (Å²) in [6.07, 6.45) is 3.68. The smallest absolute Gasteiger partial charge is 0.0726 e. The third kappa shape index (κ3) is 3.46. The molecule has 0 unspecified atom stereocenters. The fourth-order valence-electron chi connectivity index (χ4n) is 1.00. The van der Waals surface area contributed by atoms with Gasteiger partial charge in [-0.1, -0.05) is 13.8 Å². The number of rotatable bonds is 5. The van der Waals surface area contributed by atoms with Gasteiger partial charge in [0, 0.05) is 12.7 Å². The van der Waals surface area contributed by atoms with Crippen molar-refractivity contribution in [3.8, 4) is 0 Å². The minimum atomic E-state index is 0.130. The molecule has 0 aromatic carbocycles. The van der Waals surface area contributed by atoms with Crippen LogP contribution in [-0.4, -0.2) is 28.0 Å². The molecule has 0 aliphatic rings. The zero-order valence-corrected chi connectivity index (χ0v) is 8.20. The summed E-state index contributed by atoms with van der Waals surface area (Å²) in [6, 6.07) is 0. The predicted molar refractivity (Wildman–Crippen MR) is 52.6 cm³/mol. The van der Waals surface area contributed by atoms with Crippen LogP contribution in [0.1, 0.15) is 13.8 Å². The first-order chi connectivity index (χ1) is 6.22. The van der Waals surface area contributed by atoms with Crippen molar-refractivity contribution in [2.75, 3.05) is 18.5 Å². The molecule has 1 rings (SSSR count). The van der Waals surface area contributed by atoms with Gasteiger partial charge >= 0.3 is 0 Å². The molecule has 4 heteroatoms. The fourth-order valence-corrected chi connectivity index (χ4v) is 1.00. The maximum Gasteiger partial charge on any atom is 0.0726 e. The number of nitrogens with zero attached hydrogens (tertiary/aromatic N) is 2. The third-order valence-electron chi connectivity index (χ3n) is 1.68. The van der Waals surface area contributed by atoms with Gasteiger partial charge in [0.05, 0.1) is 25.0 Å². The van der Waals surface area contributed by atoms with E-state index in [1.807, 2.05) is 6.20 Å². The molecular weight excluding hydrogens is 166 g/mol. The van der Waals surface area contributed by atoms with Crippen molar-refractivity contribution in [3.05, 3.63) is 12.4 Å². The van der Waals surface area contributed by atoms with E-state index in [0.29, 0.717) is 12.5 Å². The number of nitrogens with one attached hydrogen (secondary N) is 1. The second-order valence-electron chi connectivity index (χ2n) is 3.49. The Morgan fingerprint density at radius 2 is 2.38 bits per heavy atom. The lowest BCUT2D eigenvalue weighted by Crippen LogP contribution is -2.07. The quantitative estimate of drug-likeness (QED) is 0.714. The molecule has 0 saturated heterocycles. The van der Waals surface area contributed by atoms with Gasteiger partial charge in [0.15, 0.2) is 0 Å². The molecule has 0 spiro atoms. The van der Waals surface area contributed by atoms with Crippen LogP contribution in [0.2, 0.25) is 0 Å². The Morgan fingerprint density at radius 1 is 1.62 bits per heavy atom. The van der Waals surface area contributed by atoms with Crippen LogP contribution in [0.5, 0.6) is 0 Å². The summed E-state index contributed by atoms with van der Waals surface area (Å²) in [5.74, 6) is 0.626. The highest BCUT2D eigenvalue weighted by molar-refractivity contribution is 5.37. The van der Waals surface area contributed by atoms with Crippen molar-refractivity contribution < 1.29 is 5.11 Å². The van der Waals surface area contributed by atoms with Gasteiger partial charge in [0.2, 0.25) is 0 Å². The first-order valence-corrected chi connectivity index (χ1v) is 4.59. The molecule has 1 aromatic rings. The maximum absolute atomic E-state index is 8.67. The molecule has 0 aliphatic carbocycles. The van der Waals surface area contributed by atoms with E-state index in [1.54, 1.807) is 10.9 Å². The zero-order chi connectivity index (χ0) is 9.68. The van der Waals surface area contributed by atoms with Gasteiger partial charge in [-0.25, -0.2) is 0 Å². The number of anilines is 1. The van der Waals surface area contributed by atoms with Gasteiger partial charge in [-0.15, -0.1) is 0 Å². The molecule has 1 heterocycles. The molecule has 13 heavy (non-hydrogen) atoms. The van der Waals surface area contributed by atoms with E-state index >= 15 is 0 Å². The molecule has 0 saturated carbocycles. The van der Waals surface area contributed by atoms with E-state index in [1.165, 1.54) is 0 Å². The first-order valence-electron chi connectivity index (χ1n) is 4.59. The van der Waals surface area contributed by atoms with Crippen molar-refractivity contribution in [1.82, 2.24) is 9.78 Å². The van der Waals surface area contributed by atoms with Crippen LogP contribution in [0.25, 0.3) is 0 Å². The van der Waals surface area contributed by atoms with Crippen LogP contribution in [0, 0.1) is 5.92 Å². The van der Waals surface area contributed by atoms with Gasteiger partial charge in [-0.2, -0.15) is 5.10 Å². The summed E-state index contributed by atoms with van der Waals surface area (Å²) < 4.78 is 1.72. The lowest BCUT2D eigenvalue weighted by atomic mass is 10.2. The van der Waals surface area contributed by atoms with Gasteiger partial charge < -0.3 is 10.4 Å². The Hall–Kier alpha value is -1.03. The molecule has 0 radical (unpaired) electrons. The number of hydrogen-bond acceptors (Lipinski definition) is 3. The van der Waals surface area contributed by atoms with E-state index in [9.17, 15) is 0 Å². The van der Waals surface area contributed by atoms with E-state index in [0.717, 1.165) is 12.2 Å². The van der Waals surface area contributed by atoms with Crippen LogP contribution in [0.3, 0.4) is 0 Å². The summed E-state index contributed by atoms with van der Waals surface area (Å²) in [5.41, 5.74) is 1.02. The minimum absolute atomic E-state index is 0.130. The summed E-state index contributed by atoms with van der Waals surface area (Å²) in [4.78, 5) is 0. The SMILES string of the molecule is CC(C)CNc1cnn(CCO)c1. The van der Waals surface area contributed by atoms with Gasteiger partial charge in [0.25, 0.3) is 0 Å². The van der Waals surface area contributed by atoms with Crippen LogP contribution >= 0.6 is 0 Å². The van der Waals surface area contributed by atoms with Crippen molar-refractivity contribution in [3.63, 3.8) is 0 Å². The van der Waals surface area contributed by atoms with Crippen LogP contribution in [-0.2, 0) is 6.54 Å². The standard InChI is InChI=1S/C9H17N3O/c1-8(2)5-10-9-6-11-12(7-9)3-4-13/h6-8,10,13H,3-5H2,1-2H3. The summed E-state index contributed by atoms with van der Waals surface area (Å²) in [6.45, 7) is 5.95. The van der Waals surface area contributed by atoms with Crippen LogP contribution < -0.4 is 5.32 Å². The lowest BCUT2D eigenvalue weighted by molar-refractivity contribution is 0.269. The Morgan fingerprint density at radius 3 is 3.00 bits per heavy atom. The first kappa shape index (κ1) is 10.1. The molecule has 0 atom stereocenters. The maximum atomic E-state index is 8.67. The van der Waals surface area contributed by atoms with Gasteiger partial charge in [-0.05, 0) is 5.92 Å². The topological polar surface area (TPSA) is 50.1 Å². The molecular formula is C9H17N3O. The van der Waals surface area contributed by atoms with Crippen LogP contribution in [0.15, 0.2) is 12.4 Å². The zero-order valence-electron chi connectivity index (χ0n) is 8.20. The molecule has 1 aromatic heterocycles. The summed E-state index contributed by atoms with van der Waals surface area (Å²) >= 11 is 0. The Balaban J connectivity index is 2.39. The molecule has 4 nitrogen and oxygen atoms in total. The number of aliphatic hydroxyl groups is 1. The second kappa shape index (κ2) is 4.87. The van der Waals surface area contributed by atoms with E-state index in [4.69, 9.17) is 5.11 Å². The number of hydrogen-bond donors (Lipinski definition) is 2. The van der Waals surface area contributed by atoms with Crippen molar-refractivity contribution in [2.24, 2.45) is 5.92 Å².